The monoisotopic (exact) mass is 345 g/mol. The zero-order chi connectivity index (χ0) is 17.6. The maximum Gasteiger partial charge on any atom is 0.168 e. The van der Waals surface area contributed by atoms with Gasteiger partial charge in [-0.05, 0) is 12.1 Å². The molecule has 0 saturated carbocycles. The van der Waals surface area contributed by atoms with E-state index in [4.69, 9.17) is 9.47 Å². The van der Waals surface area contributed by atoms with Crippen LogP contribution >= 0.6 is 0 Å². The number of aromatic nitrogens is 4. The van der Waals surface area contributed by atoms with Gasteiger partial charge in [-0.3, -0.25) is 0 Å². The Kier molecular flexibility index (Phi) is 5.52. The molecule has 0 aliphatic heterocycles. The molecule has 3 rings (SSSR count). The highest BCUT2D eigenvalue weighted by Crippen LogP contribution is 2.25. The lowest BCUT2D eigenvalue weighted by Crippen LogP contribution is -2.31. The number of methoxy groups -OCH3 is 2. The molecular formula is C17H20FN5O2. The molecule has 0 saturated heterocycles. The molecule has 0 radical (unpaired) electrons. The zero-order valence-corrected chi connectivity index (χ0v) is 14.2. The fourth-order valence-corrected chi connectivity index (χ4v) is 2.61. The third-order valence-electron chi connectivity index (χ3n) is 3.86. The Balaban J connectivity index is 2.04. The Bertz CT molecular complexity index is 831. The predicted molar refractivity (Wildman–Crippen MR) is 92.6 cm³/mol. The van der Waals surface area contributed by atoms with Crippen LogP contribution in [-0.4, -0.2) is 60.3 Å². The molecule has 8 heteroatoms. The number of para-hydroxylation sites is 1. The van der Waals surface area contributed by atoms with Crippen LogP contribution < -0.4 is 4.90 Å². The van der Waals surface area contributed by atoms with Gasteiger partial charge in [0.1, 0.15) is 23.6 Å². The van der Waals surface area contributed by atoms with Gasteiger partial charge in [-0.25, -0.2) is 19.0 Å². The molecule has 0 spiro atoms. The second-order valence-electron chi connectivity index (χ2n) is 5.41. The number of nitrogens with zero attached hydrogens (tertiary/aromatic N) is 5. The molecule has 0 bridgehead atoms. The van der Waals surface area contributed by atoms with Crippen LogP contribution in [0.3, 0.4) is 0 Å². The molecule has 0 atom stereocenters. The molecule has 0 aliphatic rings. The van der Waals surface area contributed by atoms with Crippen LogP contribution in [0.4, 0.5) is 10.2 Å². The summed E-state index contributed by atoms with van der Waals surface area (Å²) in [6, 6.07) is 6.46. The fraction of sp³-hybridized carbons (Fsp3) is 0.353. The highest BCUT2D eigenvalue weighted by atomic mass is 19.1. The molecule has 25 heavy (non-hydrogen) atoms. The van der Waals surface area contributed by atoms with Crippen molar-refractivity contribution in [3.8, 4) is 5.69 Å². The third-order valence-corrected chi connectivity index (χ3v) is 3.86. The van der Waals surface area contributed by atoms with Crippen LogP contribution in [0.5, 0.6) is 0 Å². The van der Waals surface area contributed by atoms with Gasteiger partial charge < -0.3 is 14.4 Å². The lowest BCUT2D eigenvalue weighted by molar-refractivity contribution is 0.190. The minimum atomic E-state index is -0.358. The maximum absolute atomic E-state index is 14.1. The number of rotatable bonds is 8. The van der Waals surface area contributed by atoms with Gasteiger partial charge in [0.05, 0.1) is 24.8 Å². The summed E-state index contributed by atoms with van der Waals surface area (Å²) >= 11 is 0. The van der Waals surface area contributed by atoms with Gasteiger partial charge in [0.25, 0.3) is 0 Å². The zero-order valence-electron chi connectivity index (χ0n) is 14.2. The number of anilines is 1. The van der Waals surface area contributed by atoms with E-state index in [2.05, 4.69) is 15.1 Å². The largest absolute Gasteiger partial charge is 0.383 e. The van der Waals surface area contributed by atoms with Crippen LogP contribution in [0, 0.1) is 5.82 Å². The highest BCUT2D eigenvalue weighted by Gasteiger charge is 2.17. The summed E-state index contributed by atoms with van der Waals surface area (Å²) in [5, 5.41) is 5.06. The summed E-state index contributed by atoms with van der Waals surface area (Å²) < 4.78 is 26.0. The highest BCUT2D eigenvalue weighted by molar-refractivity contribution is 5.87. The normalized spacial score (nSPS) is 11.2. The van der Waals surface area contributed by atoms with Crippen molar-refractivity contribution in [1.82, 2.24) is 19.7 Å². The molecule has 3 aromatic rings. The minimum absolute atomic E-state index is 0.350. The van der Waals surface area contributed by atoms with Gasteiger partial charge in [0, 0.05) is 27.3 Å². The first-order valence-electron chi connectivity index (χ1n) is 7.92. The number of halogens is 1. The first-order chi connectivity index (χ1) is 12.3. The summed E-state index contributed by atoms with van der Waals surface area (Å²) in [6.07, 6.45) is 3.12. The van der Waals surface area contributed by atoms with E-state index in [9.17, 15) is 4.39 Å². The van der Waals surface area contributed by atoms with Gasteiger partial charge in [0.2, 0.25) is 0 Å². The van der Waals surface area contributed by atoms with Crippen molar-refractivity contribution in [2.45, 2.75) is 0 Å². The Morgan fingerprint density at radius 2 is 1.80 bits per heavy atom. The lowest BCUT2D eigenvalue weighted by Gasteiger charge is -2.23. The van der Waals surface area contributed by atoms with Crippen LogP contribution in [0.15, 0.2) is 36.8 Å². The van der Waals surface area contributed by atoms with Crippen LogP contribution in [0.1, 0.15) is 0 Å². The van der Waals surface area contributed by atoms with E-state index in [1.165, 1.54) is 17.1 Å². The second kappa shape index (κ2) is 8.00. The van der Waals surface area contributed by atoms with Crippen molar-refractivity contribution in [3.63, 3.8) is 0 Å². The molecule has 0 unspecified atom stereocenters. The smallest absolute Gasteiger partial charge is 0.168 e. The van der Waals surface area contributed by atoms with Crippen LogP contribution in [0.25, 0.3) is 16.7 Å². The van der Waals surface area contributed by atoms with Gasteiger partial charge in [-0.2, -0.15) is 5.10 Å². The molecular weight excluding hydrogens is 325 g/mol. The molecule has 0 N–H and O–H groups in total. The number of hydrogen-bond donors (Lipinski definition) is 0. The number of ether oxygens (including phenoxy) is 2. The molecule has 0 amide bonds. The topological polar surface area (TPSA) is 65.3 Å². The Morgan fingerprint density at radius 3 is 2.48 bits per heavy atom. The van der Waals surface area contributed by atoms with Gasteiger partial charge in [-0.1, -0.05) is 12.1 Å². The van der Waals surface area contributed by atoms with Crippen molar-refractivity contribution >= 4 is 16.9 Å². The van der Waals surface area contributed by atoms with E-state index < -0.39 is 0 Å². The Labute approximate surface area is 145 Å². The third kappa shape index (κ3) is 3.59. The van der Waals surface area contributed by atoms with Crippen molar-refractivity contribution in [1.29, 1.82) is 0 Å². The molecule has 2 aromatic heterocycles. The Morgan fingerprint density at radius 1 is 1.08 bits per heavy atom. The molecule has 7 nitrogen and oxygen atoms in total. The second-order valence-corrected chi connectivity index (χ2v) is 5.41. The molecule has 1 aromatic carbocycles. The summed E-state index contributed by atoms with van der Waals surface area (Å²) in [5.41, 5.74) is 0.900. The summed E-state index contributed by atoms with van der Waals surface area (Å²) in [5.74, 6) is 0.366. The Hall–Kier alpha value is -2.58. The van der Waals surface area contributed by atoms with E-state index in [-0.39, 0.29) is 5.82 Å². The average molecular weight is 345 g/mol. The minimum Gasteiger partial charge on any atom is -0.383 e. The van der Waals surface area contributed by atoms with Crippen molar-refractivity contribution in [2.75, 3.05) is 45.4 Å². The number of benzene rings is 1. The van der Waals surface area contributed by atoms with Crippen molar-refractivity contribution in [2.24, 2.45) is 0 Å². The van der Waals surface area contributed by atoms with E-state index in [1.54, 1.807) is 38.6 Å². The predicted octanol–water partition coefficient (Wildman–Crippen LogP) is 2.05. The van der Waals surface area contributed by atoms with Gasteiger partial charge in [0.15, 0.2) is 5.65 Å². The molecule has 0 fully saturated rings. The molecule has 0 aliphatic carbocycles. The average Bonchev–Trinajstić information content (AvgIpc) is 3.06. The van der Waals surface area contributed by atoms with E-state index in [1.807, 2.05) is 4.90 Å². The fourth-order valence-electron chi connectivity index (χ4n) is 2.61. The number of fused-ring (bicyclic) bond motifs is 1. The van der Waals surface area contributed by atoms with Gasteiger partial charge in [-0.15, -0.1) is 0 Å². The quantitative estimate of drug-likeness (QED) is 0.623. The lowest BCUT2D eigenvalue weighted by atomic mass is 10.3. The van der Waals surface area contributed by atoms with Crippen molar-refractivity contribution in [3.05, 3.63) is 42.6 Å². The van der Waals surface area contributed by atoms with Crippen molar-refractivity contribution < 1.29 is 13.9 Å². The standard InChI is InChI=1S/C17H20FN5O2/c1-24-9-7-22(8-10-25-2)16-13-11-21-23(17(13)20-12-19-16)15-6-4-3-5-14(15)18/h3-6,11-12H,7-10H2,1-2H3. The summed E-state index contributed by atoms with van der Waals surface area (Å²) in [7, 11) is 3.31. The molecule has 132 valence electrons. The van der Waals surface area contributed by atoms with Gasteiger partial charge >= 0.3 is 0 Å². The maximum atomic E-state index is 14.1. The molecule has 2 heterocycles. The van der Waals surface area contributed by atoms with Crippen LogP contribution in [0.2, 0.25) is 0 Å². The summed E-state index contributed by atoms with van der Waals surface area (Å²) in [6.45, 7) is 2.40. The van der Waals surface area contributed by atoms with Crippen LogP contribution in [-0.2, 0) is 9.47 Å². The van der Waals surface area contributed by atoms with E-state index in [0.717, 1.165) is 11.2 Å². The SMILES string of the molecule is COCCN(CCOC)c1ncnc2c1cnn2-c1ccccc1F. The van der Waals surface area contributed by atoms with E-state index in [0.29, 0.717) is 37.6 Å². The number of hydrogen-bond acceptors (Lipinski definition) is 6. The summed E-state index contributed by atoms with van der Waals surface area (Å²) in [4.78, 5) is 10.7. The van der Waals surface area contributed by atoms with E-state index >= 15 is 0 Å². The first-order valence-corrected chi connectivity index (χ1v) is 7.92. The first kappa shape index (κ1) is 17.2.